The van der Waals surface area contributed by atoms with Gasteiger partial charge in [-0.1, -0.05) is 0 Å². The number of ether oxygens (including phenoxy) is 2. The molecule has 0 radical (unpaired) electrons. The standard InChI is InChI=1S/C20H18N2O4S/c1-27(23,24)20-21-18(14-2-4-16-12(10-14)6-8-25-16)19(22-20)15-3-5-17-13(11-15)7-9-26-17/h2-5,10-11H,6-9H2,1H3,(H,21,22). The molecule has 27 heavy (non-hydrogen) atoms. The number of imidazole rings is 1. The Labute approximate surface area is 157 Å². The van der Waals surface area contributed by atoms with Crippen molar-refractivity contribution in [1.82, 2.24) is 9.97 Å². The fraction of sp³-hybridized carbons (Fsp3) is 0.250. The van der Waals surface area contributed by atoms with E-state index >= 15 is 0 Å². The number of rotatable bonds is 3. The molecule has 7 heteroatoms. The van der Waals surface area contributed by atoms with Gasteiger partial charge in [0.15, 0.2) is 0 Å². The van der Waals surface area contributed by atoms with E-state index < -0.39 is 9.84 Å². The molecule has 1 aromatic heterocycles. The summed E-state index contributed by atoms with van der Waals surface area (Å²) in [6.07, 6.45) is 2.85. The highest BCUT2D eigenvalue weighted by atomic mass is 32.2. The summed E-state index contributed by atoms with van der Waals surface area (Å²) in [7, 11) is -3.46. The molecule has 6 nitrogen and oxygen atoms in total. The van der Waals surface area contributed by atoms with Gasteiger partial charge in [0.1, 0.15) is 11.5 Å². The lowest BCUT2D eigenvalue weighted by Crippen LogP contribution is -1.99. The van der Waals surface area contributed by atoms with Crippen LogP contribution in [-0.4, -0.2) is 37.9 Å². The van der Waals surface area contributed by atoms with Crippen LogP contribution in [0.2, 0.25) is 0 Å². The normalized spacial score (nSPS) is 15.1. The molecule has 0 aliphatic carbocycles. The maximum absolute atomic E-state index is 12.1. The van der Waals surface area contributed by atoms with Gasteiger partial charge in [0, 0.05) is 30.2 Å². The predicted molar refractivity (Wildman–Crippen MR) is 101 cm³/mol. The number of H-pyrrole nitrogens is 1. The average molecular weight is 382 g/mol. The molecule has 2 aliphatic rings. The van der Waals surface area contributed by atoms with Gasteiger partial charge in [-0.05, 0) is 47.5 Å². The van der Waals surface area contributed by atoms with E-state index in [1.807, 2.05) is 36.4 Å². The molecule has 138 valence electrons. The Balaban J connectivity index is 1.69. The Morgan fingerprint density at radius 1 is 0.926 bits per heavy atom. The Hall–Kier alpha value is -2.80. The van der Waals surface area contributed by atoms with Gasteiger partial charge < -0.3 is 14.5 Å². The van der Waals surface area contributed by atoms with E-state index in [1.54, 1.807) is 0 Å². The highest BCUT2D eigenvalue weighted by molar-refractivity contribution is 7.90. The van der Waals surface area contributed by atoms with Crippen LogP contribution < -0.4 is 9.47 Å². The quantitative estimate of drug-likeness (QED) is 0.753. The van der Waals surface area contributed by atoms with Gasteiger partial charge in [-0.3, -0.25) is 0 Å². The maximum atomic E-state index is 12.1. The smallest absolute Gasteiger partial charge is 0.225 e. The molecule has 3 aromatic rings. The van der Waals surface area contributed by atoms with Crippen molar-refractivity contribution in [2.75, 3.05) is 19.5 Å². The van der Waals surface area contributed by atoms with Gasteiger partial charge in [0.2, 0.25) is 15.0 Å². The lowest BCUT2D eigenvalue weighted by molar-refractivity contribution is 0.356. The van der Waals surface area contributed by atoms with Crippen LogP contribution in [0, 0.1) is 0 Å². The molecule has 5 rings (SSSR count). The third-order valence-corrected chi connectivity index (χ3v) is 5.87. The van der Waals surface area contributed by atoms with Gasteiger partial charge in [0.05, 0.1) is 24.6 Å². The summed E-state index contributed by atoms with van der Waals surface area (Å²) in [6.45, 7) is 1.35. The van der Waals surface area contributed by atoms with Crippen LogP contribution in [0.4, 0.5) is 0 Å². The molecular formula is C20H18N2O4S. The molecule has 0 spiro atoms. The Morgan fingerprint density at radius 3 is 2.15 bits per heavy atom. The summed E-state index contributed by atoms with van der Waals surface area (Å²) in [6, 6.07) is 11.8. The third kappa shape index (κ3) is 2.78. The van der Waals surface area contributed by atoms with Crippen LogP contribution in [-0.2, 0) is 22.7 Å². The van der Waals surface area contributed by atoms with E-state index in [4.69, 9.17) is 9.47 Å². The molecule has 0 saturated carbocycles. The molecule has 0 unspecified atom stereocenters. The van der Waals surface area contributed by atoms with Crippen molar-refractivity contribution in [2.24, 2.45) is 0 Å². The summed E-state index contributed by atoms with van der Waals surface area (Å²) >= 11 is 0. The van der Waals surface area contributed by atoms with Crippen LogP contribution in [0.5, 0.6) is 11.5 Å². The van der Waals surface area contributed by atoms with E-state index in [2.05, 4.69) is 9.97 Å². The fourth-order valence-corrected chi connectivity index (χ4v) is 4.17. The number of hydrogen-bond donors (Lipinski definition) is 1. The zero-order valence-electron chi connectivity index (χ0n) is 14.8. The number of aromatic amines is 1. The summed E-state index contributed by atoms with van der Waals surface area (Å²) in [5.74, 6) is 1.77. The van der Waals surface area contributed by atoms with Crippen molar-refractivity contribution in [1.29, 1.82) is 0 Å². The van der Waals surface area contributed by atoms with Crippen LogP contribution in [0.15, 0.2) is 41.6 Å². The second-order valence-electron chi connectivity index (χ2n) is 6.88. The van der Waals surface area contributed by atoms with Gasteiger partial charge in [0.25, 0.3) is 0 Å². The lowest BCUT2D eigenvalue weighted by atomic mass is 10.0. The summed E-state index contributed by atoms with van der Waals surface area (Å²) < 4.78 is 35.4. The summed E-state index contributed by atoms with van der Waals surface area (Å²) in [4.78, 5) is 7.46. The second-order valence-corrected chi connectivity index (χ2v) is 8.81. The molecule has 3 heterocycles. The van der Waals surface area contributed by atoms with Gasteiger partial charge in [-0.25, -0.2) is 13.4 Å². The molecule has 0 saturated heterocycles. The number of aromatic nitrogens is 2. The first-order valence-corrected chi connectivity index (χ1v) is 10.7. The molecule has 2 aromatic carbocycles. The predicted octanol–water partition coefficient (Wildman–Crippen LogP) is 3.02. The topological polar surface area (TPSA) is 81.3 Å². The zero-order chi connectivity index (χ0) is 18.6. The maximum Gasteiger partial charge on any atom is 0.225 e. The number of nitrogens with zero attached hydrogens (tertiary/aromatic N) is 1. The van der Waals surface area contributed by atoms with Gasteiger partial charge in [-0.2, -0.15) is 0 Å². The van der Waals surface area contributed by atoms with Crippen molar-refractivity contribution in [2.45, 2.75) is 18.0 Å². The number of sulfone groups is 1. The highest BCUT2D eigenvalue weighted by Crippen LogP contribution is 2.37. The second kappa shape index (κ2) is 5.85. The Bertz CT molecular complexity index is 1090. The van der Waals surface area contributed by atoms with Crippen molar-refractivity contribution >= 4 is 9.84 Å². The minimum Gasteiger partial charge on any atom is -0.493 e. The van der Waals surface area contributed by atoms with Crippen molar-refractivity contribution in [3.63, 3.8) is 0 Å². The minimum atomic E-state index is -3.46. The van der Waals surface area contributed by atoms with Crippen molar-refractivity contribution in [3.8, 4) is 34.0 Å². The van der Waals surface area contributed by atoms with Crippen LogP contribution in [0.25, 0.3) is 22.5 Å². The van der Waals surface area contributed by atoms with Crippen molar-refractivity contribution < 1.29 is 17.9 Å². The van der Waals surface area contributed by atoms with E-state index in [0.717, 1.165) is 52.9 Å². The molecule has 0 fully saturated rings. The van der Waals surface area contributed by atoms with Crippen LogP contribution in [0.3, 0.4) is 0 Å². The SMILES string of the molecule is CS(=O)(=O)c1nc(-c2ccc3c(c2)CCO3)c(-c2ccc3c(c2)CCO3)[nH]1. The molecule has 0 amide bonds. The summed E-state index contributed by atoms with van der Waals surface area (Å²) in [5, 5.41) is -0.0269. The third-order valence-electron chi connectivity index (χ3n) is 4.97. The van der Waals surface area contributed by atoms with E-state index in [-0.39, 0.29) is 5.16 Å². The minimum absolute atomic E-state index is 0.0269. The van der Waals surface area contributed by atoms with Crippen LogP contribution >= 0.6 is 0 Å². The molecule has 0 bridgehead atoms. The lowest BCUT2D eigenvalue weighted by Gasteiger charge is -2.07. The fourth-order valence-electron chi connectivity index (χ4n) is 3.62. The summed E-state index contributed by atoms with van der Waals surface area (Å²) in [5.41, 5.74) is 5.33. The molecule has 2 aliphatic heterocycles. The van der Waals surface area contributed by atoms with Crippen LogP contribution in [0.1, 0.15) is 11.1 Å². The van der Waals surface area contributed by atoms with E-state index in [1.165, 1.54) is 0 Å². The van der Waals surface area contributed by atoms with E-state index in [0.29, 0.717) is 24.6 Å². The zero-order valence-corrected chi connectivity index (χ0v) is 15.6. The Kier molecular flexibility index (Phi) is 3.55. The molecular weight excluding hydrogens is 364 g/mol. The number of benzene rings is 2. The highest BCUT2D eigenvalue weighted by Gasteiger charge is 2.23. The number of hydrogen-bond acceptors (Lipinski definition) is 5. The number of nitrogens with one attached hydrogen (secondary N) is 1. The first-order valence-electron chi connectivity index (χ1n) is 8.81. The monoisotopic (exact) mass is 382 g/mol. The van der Waals surface area contributed by atoms with E-state index in [9.17, 15) is 8.42 Å². The largest absolute Gasteiger partial charge is 0.493 e. The average Bonchev–Trinajstić information content (AvgIpc) is 3.37. The molecule has 0 atom stereocenters. The first kappa shape index (κ1) is 16.4. The molecule has 1 N–H and O–H groups in total. The number of fused-ring (bicyclic) bond motifs is 2. The van der Waals surface area contributed by atoms with Gasteiger partial charge in [-0.15, -0.1) is 0 Å². The van der Waals surface area contributed by atoms with Gasteiger partial charge >= 0.3 is 0 Å². The Morgan fingerprint density at radius 2 is 1.52 bits per heavy atom. The van der Waals surface area contributed by atoms with Crippen molar-refractivity contribution in [3.05, 3.63) is 47.5 Å². The first-order chi connectivity index (χ1) is 13.0.